The van der Waals surface area contributed by atoms with Crippen molar-refractivity contribution in [2.45, 2.75) is 51.6 Å². The molecule has 19 heavy (non-hydrogen) atoms. The van der Waals surface area contributed by atoms with Crippen molar-refractivity contribution in [3.8, 4) is 0 Å². The van der Waals surface area contributed by atoms with Gasteiger partial charge >= 0.3 is 0 Å². The Labute approximate surface area is 115 Å². The first-order chi connectivity index (χ1) is 9.24. The molecule has 2 heterocycles. The van der Waals surface area contributed by atoms with Crippen molar-refractivity contribution >= 4 is 11.6 Å². The highest BCUT2D eigenvalue weighted by molar-refractivity contribution is 5.50. The fourth-order valence-corrected chi connectivity index (χ4v) is 2.57. The first kappa shape index (κ1) is 14.1. The van der Waals surface area contributed by atoms with Crippen LogP contribution >= 0.6 is 0 Å². The first-order valence-corrected chi connectivity index (χ1v) is 7.30. The van der Waals surface area contributed by atoms with Gasteiger partial charge in [-0.1, -0.05) is 6.92 Å². The van der Waals surface area contributed by atoms with Crippen molar-refractivity contribution in [2.75, 3.05) is 23.3 Å². The standard InChI is InChI=1S/C14H25N5/c1-3-11(2)18-13-9-14(17-10-16-13)19-8-4-5-12(19)6-7-15/h9-12H,3-8,15H2,1-2H3,(H,16,17,18). The third-order valence-corrected chi connectivity index (χ3v) is 3.83. The zero-order chi connectivity index (χ0) is 13.7. The number of hydrogen-bond acceptors (Lipinski definition) is 5. The van der Waals surface area contributed by atoms with Gasteiger partial charge in [-0.2, -0.15) is 0 Å². The highest BCUT2D eigenvalue weighted by Crippen LogP contribution is 2.26. The predicted octanol–water partition coefficient (Wildman–Crippen LogP) is 2.00. The molecule has 5 nitrogen and oxygen atoms in total. The second-order valence-electron chi connectivity index (χ2n) is 5.28. The Hall–Kier alpha value is -1.36. The molecule has 5 heteroatoms. The van der Waals surface area contributed by atoms with Crippen molar-refractivity contribution in [2.24, 2.45) is 5.73 Å². The van der Waals surface area contributed by atoms with Crippen molar-refractivity contribution < 1.29 is 0 Å². The third kappa shape index (κ3) is 3.56. The van der Waals surface area contributed by atoms with Crippen LogP contribution in [0.3, 0.4) is 0 Å². The minimum atomic E-state index is 0.432. The van der Waals surface area contributed by atoms with Crippen molar-refractivity contribution in [1.82, 2.24) is 9.97 Å². The first-order valence-electron chi connectivity index (χ1n) is 7.30. The van der Waals surface area contributed by atoms with Crippen molar-refractivity contribution in [3.05, 3.63) is 12.4 Å². The maximum atomic E-state index is 5.69. The van der Waals surface area contributed by atoms with Gasteiger partial charge in [0.05, 0.1) is 0 Å². The Balaban J connectivity index is 2.09. The minimum Gasteiger partial charge on any atom is -0.367 e. The second-order valence-corrected chi connectivity index (χ2v) is 5.28. The molecule has 1 aromatic heterocycles. The average Bonchev–Trinajstić information content (AvgIpc) is 2.87. The van der Waals surface area contributed by atoms with Crippen LogP contribution in [-0.2, 0) is 0 Å². The molecule has 2 unspecified atom stereocenters. The van der Waals surface area contributed by atoms with Gasteiger partial charge in [-0.05, 0) is 39.2 Å². The summed E-state index contributed by atoms with van der Waals surface area (Å²) in [6.45, 7) is 6.14. The molecule has 106 valence electrons. The Morgan fingerprint density at radius 2 is 2.37 bits per heavy atom. The van der Waals surface area contributed by atoms with Crippen LogP contribution in [0, 0.1) is 0 Å². The summed E-state index contributed by atoms with van der Waals surface area (Å²) in [5.41, 5.74) is 5.69. The van der Waals surface area contributed by atoms with Gasteiger partial charge < -0.3 is 16.0 Å². The molecule has 1 aliphatic heterocycles. The summed E-state index contributed by atoms with van der Waals surface area (Å²) >= 11 is 0. The molecule has 0 bridgehead atoms. The van der Waals surface area contributed by atoms with Gasteiger partial charge in [-0.15, -0.1) is 0 Å². The molecule has 2 atom stereocenters. The van der Waals surface area contributed by atoms with E-state index in [-0.39, 0.29) is 0 Å². The lowest BCUT2D eigenvalue weighted by Crippen LogP contribution is -2.32. The number of nitrogens with one attached hydrogen (secondary N) is 1. The van der Waals surface area contributed by atoms with E-state index in [9.17, 15) is 0 Å². The zero-order valence-electron chi connectivity index (χ0n) is 12.0. The maximum Gasteiger partial charge on any atom is 0.134 e. The van der Waals surface area contributed by atoms with Crippen LogP contribution in [0.15, 0.2) is 12.4 Å². The van der Waals surface area contributed by atoms with Crippen LogP contribution in [-0.4, -0.2) is 35.1 Å². The Kier molecular flexibility index (Phi) is 4.96. The summed E-state index contributed by atoms with van der Waals surface area (Å²) in [6, 6.07) is 3.03. The molecule has 3 N–H and O–H groups in total. The third-order valence-electron chi connectivity index (χ3n) is 3.83. The molecule has 1 aromatic rings. The van der Waals surface area contributed by atoms with Gasteiger partial charge in [0, 0.05) is 24.7 Å². The summed E-state index contributed by atoms with van der Waals surface area (Å²) in [4.78, 5) is 11.1. The molecule has 1 fully saturated rings. The molecule has 0 amide bonds. The fourth-order valence-electron chi connectivity index (χ4n) is 2.57. The second kappa shape index (κ2) is 6.70. The Morgan fingerprint density at radius 3 is 3.11 bits per heavy atom. The quantitative estimate of drug-likeness (QED) is 0.821. The summed E-state index contributed by atoms with van der Waals surface area (Å²) in [7, 11) is 0. The molecule has 0 spiro atoms. The van der Waals surface area contributed by atoms with Crippen LogP contribution in [0.1, 0.15) is 39.5 Å². The van der Waals surface area contributed by atoms with Gasteiger partial charge in [0.1, 0.15) is 18.0 Å². The number of anilines is 2. The van der Waals surface area contributed by atoms with Crippen LogP contribution in [0.25, 0.3) is 0 Å². The van der Waals surface area contributed by atoms with Crippen LogP contribution in [0.4, 0.5) is 11.6 Å². The van der Waals surface area contributed by atoms with E-state index < -0.39 is 0 Å². The molecule has 0 radical (unpaired) electrons. The summed E-state index contributed by atoms with van der Waals surface area (Å²) in [6.07, 6.45) is 6.22. The number of aromatic nitrogens is 2. The fraction of sp³-hybridized carbons (Fsp3) is 0.714. The molecule has 0 aliphatic carbocycles. The van der Waals surface area contributed by atoms with Crippen LogP contribution in [0.2, 0.25) is 0 Å². The average molecular weight is 263 g/mol. The normalized spacial score (nSPS) is 20.6. The smallest absolute Gasteiger partial charge is 0.134 e. The lowest BCUT2D eigenvalue weighted by Gasteiger charge is -2.25. The molecule has 2 rings (SSSR count). The van der Waals surface area contributed by atoms with Gasteiger partial charge in [0.2, 0.25) is 0 Å². The van der Waals surface area contributed by atoms with Gasteiger partial charge in [0.15, 0.2) is 0 Å². The highest BCUT2D eigenvalue weighted by Gasteiger charge is 2.25. The van der Waals surface area contributed by atoms with Crippen LogP contribution in [0.5, 0.6) is 0 Å². The van der Waals surface area contributed by atoms with E-state index >= 15 is 0 Å². The molecular formula is C14H25N5. The summed E-state index contributed by atoms with van der Waals surface area (Å²) < 4.78 is 0. The number of nitrogens with zero attached hydrogens (tertiary/aromatic N) is 3. The number of nitrogens with two attached hydrogens (primary N) is 1. The van der Waals surface area contributed by atoms with E-state index in [0.717, 1.165) is 37.6 Å². The summed E-state index contributed by atoms with van der Waals surface area (Å²) in [5, 5.41) is 3.40. The molecular weight excluding hydrogens is 238 g/mol. The monoisotopic (exact) mass is 263 g/mol. The van der Waals surface area contributed by atoms with E-state index in [1.54, 1.807) is 6.33 Å². The lowest BCUT2D eigenvalue weighted by molar-refractivity contribution is 0.614. The topological polar surface area (TPSA) is 67.1 Å². The van der Waals surface area contributed by atoms with E-state index in [2.05, 4.69) is 40.1 Å². The number of hydrogen-bond donors (Lipinski definition) is 2. The van der Waals surface area contributed by atoms with Crippen molar-refractivity contribution in [3.63, 3.8) is 0 Å². The van der Waals surface area contributed by atoms with Gasteiger partial charge in [0.25, 0.3) is 0 Å². The largest absolute Gasteiger partial charge is 0.367 e. The maximum absolute atomic E-state index is 5.69. The highest BCUT2D eigenvalue weighted by atomic mass is 15.2. The lowest BCUT2D eigenvalue weighted by atomic mass is 10.1. The predicted molar refractivity (Wildman–Crippen MR) is 79.4 cm³/mol. The van der Waals surface area contributed by atoms with Gasteiger partial charge in [-0.25, -0.2) is 9.97 Å². The van der Waals surface area contributed by atoms with Gasteiger partial charge in [-0.3, -0.25) is 0 Å². The van der Waals surface area contributed by atoms with E-state index in [1.165, 1.54) is 12.8 Å². The molecule has 1 saturated heterocycles. The SMILES string of the molecule is CCC(C)Nc1cc(N2CCCC2CCN)ncn1. The van der Waals surface area contributed by atoms with Crippen LogP contribution < -0.4 is 16.0 Å². The van der Waals surface area contributed by atoms with E-state index in [0.29, 0.717) is 12.1 Å². The Morgan fingerprint density at radius 1 is 1.53 bits per heavy atom. The van der Waals surface area contributed by atoms with E-state index in [4.69, 9.17) is 5.73 Å². The van der Waals surface area contributed by atoms with Crippen molar-refractivity contribution in [1.29, 1.82) is 0 Å². The number of rotatable bonds is 6. The van der Waals surface area contributed by atoms with E-state index in [1.807, 2.05) is 0 Å². The molecule has 0 aromatic carbocycles. The molecule has 0 saturated carbocycles. The summed E-state index contributed by atoms with van der Waals surface area (Å²) in [5.74, 6) is 1.94. The minimum absolute atomic E-state index is 0.432. The zero-order valence-corrected chi connectivity index (χ0v) is 12.0. The Bertz CT molecular complexity index is 395. The molecule has 1 aliphatic rings.